The molecule has 0 radical (unpaired) electrons. The first kappa shape index (κ1) is 9.44. The van der Waals surface area contributed by atoms with Crippen molar-refractivity contribution in [2.24, 2.45) is 5.73 Å². The molecular formula is C8H11N3O2. The summed E-state index contributed by atoms with van der Waals surface area (Å²) in [6.07, 6.45) is 2.31. The van der Waals surface area contributed by atoms with E-state index in [0.717, 1.165) is 0 Å². The molecule has 0 saturated heterocycles. The van der Waals surface area contributed by atoms with Crippen LogP contribution in [0.15, 0.2) is 12.3 Å². The number of aromatic nitrogens is 2. The molecule has 2 N–H and O–H groups in total. The van der Waals surface area contributed by atoms with Crippen LogP contribution in [0.3, 0.4) is 0 Å². The maximum absolute atomic E-state index is 10.8. The Morgan fingerprint density at radius 1 is 1.62 bits per heavy atom. The first-order valence-electron chi connectivity index (χ1n) is 3.93. The smallest absolute Gasteiger partial charge is 0.243 e. The van der Waals surface area contributed by atoms with E-state index >= 15 is 0 Å². The van der Waals surface area contributed by atoms with Gasteiger partial charge in [-0.15, -0.1) is 0 Å². The van der Waals surface area contributed by atoms with Gasteiger partial charge >= 0.3 is 0 Å². The molecule has 0 fully saturated rings. The summed E-state index contributed by atoms with van der Waals surface area (Å²) in [6.45, 7) is 1.42. The van der Waals surface area contributed by atoms with Crippen LogP contribution in [0.25, 0.3) is 0 Å². The van der Waals surface area contributed by atoms with Gasteiger partial charge in [0.05, 0.1) is 5.69 Å². The molecule has 0 unspecified atom stereocenters. The summed E-state index contributed by atoms with van der Waals surface area (Å²) < 4.78 is 1.23. The van der Waals surface area contributed by atoms with Crippen LogP contribution in [0.2, 0.25) is 0 Å². The predicted molar refractivity (Wildman–Crippen MR) is 46.0 cm³/mol. The van der Waals surface area contributed by atoms with Gasteiger partial charge in [0.15, 0.2) is 0 Å². The highest BCUT2D eigenvalue weighted by atomic mass is 16.2. The van der Waals surface area contributed by atoms with Crippen LogP contribution in [-0.2, 0) is 11.2 Å². The lowest BCUT2D eigenvalue weighted by atomic mass is 10.2. The van der Waals surface area contributed by atoms with E-state index in [1.807, 2.05) is 0 Å². The van der Waals surface area contributed by atoms with E-state index in [1.165, 1.54) is 11.6 Å². The van der Waals surface area contributed by atoms with Crippen molar-refractivity contribution < 1.29 is 9.59 Å². The van der Waals surface area contributed by atoms with Crippen molar-refractivity contribution >= 4 is 11.8 Å². The molecule has 1 aromatic rings. The zero-order valence-electron chi connectivity index (χ0n) is 7.36. The zero-order chi connectivity index (χ0) is 9.84. The lowest BCUT2D eigenvalue weighted by Crippen LogP contribution is -2.12. The van der Waals surface area contributed by atoms with Crippen LogP contribution in [0.4, 0.5) is 0 Å². The van der Waals surface area contributed by atoms with Crippen molar-refractivity contribution in [1.29, 1.82) is 0 Å². The fraction of sp³-hybridized carbons (Fsp3) is 0.375. The second-order valence-electron chi connectivity index (χ2n) is 2.74. The Bertz CT molecular complexity index is 330. The fourth-order valence-electron chi connectivity index (χ4n) is 0.922. The van der Waals surface area contributed by atoms with Gasteiger partial charge in [0.2, 0.25) is 11.8 Å². The number of nitrogens with zero attached hydrogens (tertiary/aromatic N) is 2. The highest BCUT2D eigenvalue weighted by Gasteiger charge is 2.03. The third-order valence-electron chi connectivity index (χ3n) is 1.59. The van der Waals surface area contributed by atoms with Crippen LogP contribution in [-0.4, -0.2) is 21.6 Å². The summed E-state index contributed by atoms with van der Waals surface area (Å²) in [5.41, 5.74) is 5.67. The number of carbonyl (C=O) groups excluding carboxylic acids is 2. The van der Waals surface area contributed by atoms with Gasteiger partial charge in [-0.25, -0.2) is 4.68 Å². The van der Waals surface area contributed by atoms with Gasteiger partial charge in [-0.3, -0.25) is 9.59 Å². The van der Waals surface area contributed by atoms with E-state index in [4.69, 9.17) is 5.73 Å². The first-order valence-corrected chi connectivity index (χ1v) is 3.93. The van der Waals surface area contributed by atoms with Gasteiger partial charge < -0.3 is 5.73 Å². The summed E-state index contributed by atoms with van der Waals surface area (Å²) in [5, 5.41) is 3.94. The highest BCUT2D eigenvalue weighted by Crippen LogP contribution is 1.99. The second-order valence-corrected chi connectivity index (χ2v) is 2.74. The summed E-state index contributed by atoms with van der Waals surface area (Å²) in [7, 11) is 0. The topological polar surface area (TPSA) is 78.0 Å². The number of rotatable bonds is 3. The van der Waals surface area contributed by atoms with E-state index in [0.29, 0.717) is 12.1 Å². The van der Waals surface area contributed by atoms with Crippen molar-refractivity contribution in [2.75, 3.05) is 0 Å². The quantitative estimate of drug-likeness (QED) is 0.710. The molecule has 0 aliphatic heterocycles. The molecule has 0 atom stereocenters. The van der Waals surface area contributed by atoms with E-state index in [-0.39, 0.29) is 18.2 Å². The van der Waals surface area contributed by atoms with Crippen molar-refractivity contribution in [1.82, 2.24) is 9.78 Å². The average molecular weight is 181 g/mol. The highest BCUT2D eigenvalue weighted by molar-refractivity contribution is 5.75. The summed E-state index contributed by atoms with van der Waals surface area (Å²) >= 11 is 0. The number of primary amides is 1. The Morgan fingerprint density at radius 3 is 2.77 bits per heavy atom. The Balaban J connectivity index is 2.59. The van der Waals surface area contributed by atoms with Crippen molar-refractivity contribution in [3.05, 3.63) is 18.0 Å². The number of aryl methyl sites for hydroxylation is 1. The molecule has 1 amide bonds. The molecule has 0 aromatic carbocycles. The van der Waals surface area contributed by atoms with Crippen molar-refractivity contribution in [3.8, 4) is 0 Å². The van der Waals surface area contributed by atoms with Crippen LogP contribution in [0, 0.1) is 0 Å². The summed E-state index contributed by atoms with van der Waals surface area (Å²) in [5.74, 6) is -0.511. The normalized spacial score (nSPS) is 9.92. The molecule has 70 valence electrons. The van der Waals surface area contributed by atoms with E-state index < -0.39 is 0 Å². The van der Waals surface area contributed by atoms with Crippen LogP contribution in [0.5, 0.6) is 0 Å². The molecule has 5 nitrogen and oxygen atoms in total. The minimum atomic E-state index is -0.364. The monoisotopic (exact) mass is 181 g/mol. The molecular weight excluding hydrogens is 170 g/mol. The molecule has 0 bridgehead atoms. The molecule has 0 spiro atoms. The van der Waals surface area contributed by atoms with Crippen molar-refractivity contribution in [2.45, 2.75) is 19.8 Å². The summed E-state index contributed by atoms with van der Waals surface area (Å²) in [6, 6.07) is 1.70. The maximum Gasteiger partial charge on any atom is 0.243 e. The number of nitrogens with two attached hydrogens (primary N) is 1. The molecule has 1 heterocycles. The lowest BCUT2D eigenvalue weighted by molar-refractivity contribution is -0.118. The molecule has 1 aromatic heterocycles. The lowest BCUT2D eigenvalue weighted by Gasteiger charge is -1.93. The van der Waals surface area contributed by atoms with Gasteiger partial charge in [-0.05, 0) is 6.07 Å². The Kier molecular flexibility index (Phi) is 2.79. The standard InChI is InChI=1S/C8H11N3O2/c1-6(12)11-5-4-7(10-11)2-3-8(9)13/h4-5H,2-3H2,1H3,(H2,9,13). The van der Waals surface area contributed by atoms with Gasteiger partial charge in [-0.2, -0.15) is 5.10 Å². The molecule has 0 aliphatic rings. The molecule has 1 rings (SSSR count). The Labute approximate surface area is 75.5 Å². The van der Waals surface area contributed by atoms with Gasteiger partial charge in [-0.1, -0.05) is 0 Å². The second kappa shape index (κ2) is 3.84. The molecule has 0 saturated carbocycles. The van der Waals surface area contributed by atoms with Crippen LogP contribution >= 0.6 is 0 Å². The van der Waals surface area contributed by atoms with Crippen LogP contribution in [0.1, 0.15) is 23.8 Å². The van der Waals surface area contributed by atoms with E-state index in [2.05, 4.69) is 5.10 Å². The minimum Gasteiger partial charge on any atom is -0.370 e. The first-order chi connectivity index (χ1) is 6.09. The van der Waals surface area contributed by atoms with Gasteiger partial charge in [0.25, 0.3) is 0 Å². The largest absolute Gasteiger partial charge is 0.370 e. The third kappa shape index (κ3) is 2.70. The number of amides is 1. The molecule has 13 heavy (non-hydrogen) atoms. The maximum atomic E-state index is 10.8. The fourth-order valence-corrected chi connectivity index (χ4v) is 0.922. The molecule has 5 heteroatoms. The van der Waals surface area contributed by atoms with E-state index in [9.17, 15) is 9.59 Å². The third-order valence-corrected chi connectivity index (χ3v) is 1.59. The predicted octanol–water partition coefficient (Wildman–Crippen LogP) is -0.0389. The van der Waals surface area contributed by atoms with E-state index in [1.54, 1.807) is 12.3 Å². The van der Waals surface area contributed by atoms with Gasteiger partial charge in [0.1, 0.15) is 0 Å². The van der Waals surface area contributed by atoms with Gasteiger partial charge in [0, 0.05) is 26.0 Å². The average Bonchev–Trinajstić information content (AvgIpc) is 2.48. The summed E-state index contributed by atoms with van der Waals surface area (Å²) in [4.78, 5) is 21.2. The Morgan fingerprint density at radius 2 is 2.31 bits per heavy atom. The van der Waals surface area contributed by atoms with Crippen LogP contribution < -0.4 is 5.73 Å². The number of hydrogen-bond donors (Lipinski definition) is 1. The Hall–Kier alpha value is -1.65. The molecule has 0 aliphatic carbocycles. The number of hydrogen-bond acceptors (Lipinski definition) is 3. The minimum absolute atomic E-state index is 0.148. The van der Waals surface area contributed by atoms with Crippen molar-refractivity contribution in [3.63, 3.8) is 0 Å². The SMILES string of the molecule is CC(=O)n1ccc(CCC(N)=O)n1. The zero-order valence-corrected chi connectivity index (χ0v) is 7.36. The number of carbonyl (C=O) groups is 2.